The molecule has 0 unspecified atom stereocenters. The summed E-state index contributed by atoms with van der Waals surface area (Å²) in [6.45, 7) is 9.14. The number of unbranched alkanes of at least 4 members (excludes halogenated alkanes) is 2. The molecule has 2 rings (SSSR count). The van der Waals surface area contributed by atoms with Crippen LogP contribution in [0, 0.1) is 0 Å². The minimum absolute atomic E-state index is 0.277. The maximum Gasteiger partial charge on any atom is 0.365 e. The third kappa shape index (κ3) is 8.75. The Kier molecular flexibility index (Phi) is 13.1. The molecule has 0 amide bonds. The maximum atomic E-state index is 13.1. The van der Waals surface area contributed by atoms with Gasteiger partial charge in [0.15, 0.2) is 0 Å². The summed E-state index contributed by atoms with van der Waals surface area (Å²) in [6.07, 6.45) is 2.42. The smallest absolute Gasteiger partial charge is 0.365 e. The van der Waals surface area contributed by atoms with Gasteiger partial charge < -0.3 is 27.6 Å². The van der Waals surface area contributed by atoms with Gasteiger partial charge in [0.05, 0.1) is 39.6 Å². The average molecular weight is 529 g/mol. The van der Waals surface area contributed by atoms with Crippen LogP contribution in [0.15, 0.2) is 48.5 Å². The summed E-state index contributed by atoms with van der Waals surface area (Å²) in [5.41, 5.74) is 0. The second-order valence-corrected chi connectivity index (χ2v) is 11.3. The zero-order valence-corrected chi connectivity index (χ0v) is 22.9. The summed E-state index contributed by atoms with van der Waals surface area (Å²) in [5.74, 6) is 1.01. The molecule has 2 aromatic rings. The largest absolute Gasteiger partial charge is 0.493 e. The van der Waals surface area contributed by atoms with Crippen molar-refractivity contribution in [2.45, 2.75) is 47.0 Å². The summed E-state index contributed by atoms with van der Waals surface area (Å²) in [7, 11) is -6.85. The first-order valence-electron chi connectivity index (χ1n) is 12.2. The molecule has 0 saturated heterocycles. The van der Waals surface area contributed by atoms with Crippen LogP contribution in [0.2, 0.25) is 0 Å². The fourth-order valence-corrected chi connectivity index (χ4v) is 6.81. The van der Waals surface area contributed by atoms with Crippen molar-refractivity contribution in [3.8, 4) is 11.5 Å². The molecule has 10 heteroatoms. The standard InChI is InChI=1S/C25H38O8P2/c1-5-30-34(26,31-6-2)24-18-12-10-16-22(24)28-20-14-9-15-21-29-23-17-11-13-19-25(23)35(27,32-7-3)33-8-4/h10-13,16-19H,5-9,14-15,20-21H2,1-4H3. The predicted octanol–water partition coefficient (Wildman–Crippen LogP) is 6.10. The van der Waals surface area contributed by atoms with Crippen LogP contribution in [0.4, 0.5) is 0 Å². The van der Waals surface area contributed by atoms with Crippen molar-refractivity contribution in [2.75, 3.05) is 39.6 Å². The lowest BCUT2D eigenvalue weighted by Crippen LogP contribution is -2.15. The minimum Gasteiger partial charge on any atom is -0.493 e. The first-order chi connectivity index (χ1) is 16.9. The van der Waals surface area contributed by atoms with E-state index in [-0.39, 0.29) is 26.4 Å². The Morgan fingerprint density at radius 1 is 0.543 bits per heavy atom. The predicted molar refractivity (Wildman–Crippen MR) is 139 cm³/mol. The van der Waals surface area contributed by atoms with Crippen molar-refractivity contribution in [1.82, 2.24) is 0 Å². The van der Waals surface area contributed by atoms with Crippen molar-refractivity contribution >= 4 is 25.8 Å². The molecule has 0 N–H and O–H groups in total. The highest BCUT2D eigenvalue weighted by atomic mass is 31.2. The van der Waals surface area contributed by atoms with E-state index in [0.29, 0.717) is 35.3 Å². The zero-order chi connectivity index (χ0) is 25.6. The molecule has 0 saturated carbocycles. The lowest BCUT2D eigenvalue weighted by atomic mass is 10.2. The summed E-state index contributed by atoms with van der Waals surface area (Å²) in [4.78, 5) is 0. The number of rotatable bonds is 18. The Hall–Kier alpha value is -1.66. The first-order valence-corrected chi connectivity index (χ1v) is 15.3. The normalized spacial score (nSPS) is 12.0. The molecule has 196 valence electrons. The fraction of sp³-hybridized carbons (Fsp3) is 0.520. The fourth-order valence-electron chi connectivity index (χ4n) is 3.39. The van der Waals surface area contributed by atoms with E-state index in [1.807, 2.05) is 12.1 Å². The highest BCUT2D eigenvalue weighted by Crippen LogP contribution is 2.50. The van der Waals surface area contributed by atoms with Gasteiger partial charge in [-0.25, -0.2) is 0 Å². The molecule has 0 heterocycles. The van der Waals surface area contributed by atoms with Crippen LogP contribution in [0.25, 0.3) is 0 Å². The average Bonchev–Trinajstić information content (AvgIpc) is 2.84. The Morgan fingerprint density at radius 3 is 1.23 bits per heavy atom. The lowest BCUT2D eigenvalue weighted by Gasteiger charge is -2.20. The second kappa shape index (κ2) is 15.5. The van der Waals surface area contributed by atoms with E-state index >= 15 is 0 Å². The first kappa shape index (κ1) is 29.6. The van der Waals surface area contributed by atoms with E-state index in [9.17, 15) is 9.13 Å². The van der Waals surface area contributed by atoms with Gasteiger partial charge >= 0.3 is 15.2 Å². The molecule has 2 aromatic carbocycles. The Morgan fingerprint density at radius 2 is 0.886 bits per heavy atom. The van der Waals surface area contributed by atoms with Gasteiger partial charge in [-0.1, -0.05) is 24.3 Å². The van der Waals surface area contributed by atoms with E-state index in [1.54, 1.807) is 64.1 Å². The van der Waals surface area contributed by atoms with E-state index in [2.05, 4.69) is 0 Å². The van der Waals surface area contributed by atoms with E-state index in [4.69, 9.17) is 27.6 Å². The van der Waals surface area contributed by atoms with Gasteiger partial charge in [0.25, 0.3) is 0 Å². The van der Waals surface area contributed by atoms with E-state index < -0.39 is 15.2 Å². The highest BCUT2D eigenvalue weighted by Gasteiger charge is 2.31. The van der Waals surface area contributed by atoms with Gasteiger partial charge in [0.2, 0.25) is 0 Å². The van der Waals surface area contributed by atoms with Crippen LogP contribution in [0.5, 0.6) is 11.5 Å². The molecule has 0 radical (unpaired) electrons. The topological polar surface area (TPSA) is 89.5 Å². The van der Waals surface area contributed by atoms with Crippen LogP contribution in [-0.4, -0.2) is 39.6 Å². The third-order valence-electron chi connectivity index (χ3n) is 4.82. The van der Waals surface area contributed by atoms with Crippen molar-refractivity contribution in [2.24, 2.45) is 0 Å². The number of ether oxygens (including phenoxy) is 2. The van der Waals surface area contributed by atoms with Gasteiger partial charge in [0.1, 0.15) is 22.1 Å². The van der Waals surface area contributed by atoms with Gasteiger partial charge in [-0.2, -0.15) is 0 Å². The number of para-hydroxylation sites is 2. The summed E-state index contributed by atoms with van der Waals surface area (Å²) < 4.78 is 60.0. The molecule has 0 atom stereocenters. The quantitative estimate of drug-likeness (QED) is 0.169. The van der Waals surface area contributed by atoms with Crippen LogP contribution >= 0.6 is 15.2 Å². The van der Waals surface area contributed by atoms with Crippen LogP contribution < -0.4 is 20.1 Å². The lowest BCUT2D eigenvalue weighted by molar-refractivity contribution is 0.227. The molecule has 0 fully saturated rings. The van der Waals surface area contributed by atoms with Crippen molar-refractivity contribution in [3.05, 3.63) is 48.5 Å². The molecule has 0 aliphatic carbocycles. The van der Waals surface area contributed by atoms with Crippen molar-refractivity contribution in [3.63, 3.8) is 0 Å². The van der Waals surface area contributed by atoms with Gasteiger partial charge in [-0.15, -0.1) is 0 Å². The SMILES string of the molecule is CCOP(=O)(OCC)c1ccccc1OCCCCCOc1ccccc1P(=O)(OCC)OCC. The molecule has 0 bridgehead atoms. The van der Waals surface area contributed by atoms with E-state index in [0.717, 1.165) is 19.3 Å². The molecule has 0 aliphatic heterocycles. The molecule has 0 spiro atoms. The molecule has 8 nitrogen and oxygen atoms in total. The second-order valence-electron chi connectivity index (χ2n) is 7.36. The minimum atomic E-state index is -3.43. The van der Waals surface area contributed by atoms with Gasteiger partial charge in [-0.05, 0) is 71.2 Å². The molecule has 0 aromatic heterocycles. The number of hydrogen-bond acceptors (Lipinski definition) is 8. The van der Waals surface area contributed by atoms with Crippen LogP contribution in [0.1, 0.15) is 47.0 Å². The molecule has 0 aliphatic rings. The highest BCUT2D eigenvalue weighted by molar-refractivity contribution is 7.62. The van der Waals surface area contributed by atoms with Crippen LogP contribution in [-0.2, 0) is 27.2 Å². The van der Waals surface area contributed by atoms with Crippen LogP contribution in [0.3, 0.4) is 0 Å². The number of benzene rings is 2. The molecular formula is C25H38O8P2. The van der Waals surface area contributed by atoms with Crippen molar-refractivity contribution < 1.29 is 36.7 Å². The zero-order valence-electron chi connectivity index (χ0n) is 21.1. The summed E-state index contributed by atoms with van der Waals surface area (Å²) in [6, 6.07) is 14.2. The molecular weight excluding hydrogens is 490 g/mol. The number of hydrogen-bond donors (Lipinski definition) is 0. The third-order valence-corrected chi connectivity index (χ3v) is 9.13. The van der Waals surface area contributed by atoms with Gasteiger partial charge in [-0.3, -0.25) is 9.13 Å². The monoisotopic (exact) mass is 528 g/mol. The Bertz CT molecular complexity index is 884. The Labute approximate surface area is 209 Å². The van der Waals surface area contributed by atoms with E-state index in [1.165, 1.54) is 0 Å². The van der Waals surface area contributed by atoms with Crippen molar-refractivity contribution in [1.29, 1.82) is 0 Å². The molecule has 35 heavy (non-hydrogen) atoms. The Balaban J connectivity index is 1.87. The van der Waals surface area contributed by atoms with Gasteiger partial charge in [0, 0.05) is 0 Å². The summed E-state index contributed by atoms with van der Waals surface area (Å²) in [5, 5.41) is 0.883. The maximum absolute atomic E-state index is 13.1. The summed E-state index contributed by atoms with van der Waals surface area (Å²) >= 11 is 0.